The lowest BCUT2D eigenvalue weighted by atomic mass is 10.1. The Kier molecular flexibility index (Phi) is 4.15. The lowest BCUT2D eigenvalue weighted by Crippen LogP contribution is -2.40. The summed E-state index contributed by atoms with van der Waals surface area (Å²) in [7, 11) is 1.24. The van der Waals surface area contributed by atoms with Crippen LogP contribution in [0.5, 0.6) is 11.5 Å². The van der Waals surface area contributed by atoms with Crippen LogP contribution in [0.3, 0.4) is 0 Å². The number of methoxy groups -OCH3 is 1. The Morgan fingerprint density at radius 1 is 1.45 bits per heavy atom. The second kappa shape index (κ2) is 5.88. The number of amides is 1. The average molecular weight is 310 g/mol. The van der Waals surface area contributed by atoms with Gasteiger partial charge in [-0.2, -0.15) is 0 Å². The number of hydrogen-bond donors (Lipinski definition) is 2. The number of nitro benzene ring substituents is 1. The van der Waals surface area contributed by atoms with Crippen LogP contribution in [0.4, 0.5) is 5.69 Å². The number of benzene rings is 1. The summed E-state index contributed by atoms with van der Waals surface area (Å²) in [6, 6.07) is 0.859. The lowest BCUT2D eigenvalue weighted by Gasteiger charge is -2.21. The molecule has 0 radical (unpaired) electrons. The average Bonchev–Trinajstić information content (AvgIpc) is 2.95. The minimum Gasteiger partial charge on any atom is -0.504 e. The fourth-order valence-electron chi connectivity index (χ4n) is 2.46. The summed E-state index contributed by atoms with van der Waals surface area (Å²) in [5.74, 6) is -2.49. The van der Waals surface area contributed by atoms with E-state index in [0.717, 1.165) is 17.0 Å². The number of phenols is 1. The zero-order valence-corrected chi connectivity index (χ0v) is 11.7. The summed E-state index contributed by atoms with van der Waals surface area (Å²) in [4.78, 5) is 35.0. The van der Waals surface area contributed by atoms with Gasteiger partial charge in [0.15, 0.2) is 11.5 Å². The fourth-order valence-corrected chi connectivity index (χ4v) is 2.46. The highest BCUT2D eigenvalue weighted by Crippen LogP contribution is 2.35. The van der Waals surface area contributed by atoms with Crippen molar-refractivity contribution in [2.75, 3.05) is 13.7 Å². The molecular formula is C13H14N2O7. The van der Waals surface area contributed by atoms with E-state index < -0.39 is 34.3 Å². The number of carboxylic acid groups (broad SMARTS) is 1. The van der Waals surface area contributed by atoms with Crippen LogP contribution in [-0.4, -0.2) is 51.6 Å². The topological polar surface area (TPSA) is 130 Å². The smallest absolute Gasteiger partial charge is 0.326 e. The number of aromatic hydroxyl groups is 1. The molecule has 1 saturated heterocycles. The van der Waals surface area contributed by atoms with Crippen molar-refractivity contribution in [3.8, 4) is 11.5 Å². The number of likely N-dealkylation sites (tertiary alicyclic amines) is 1. The quantitative estimate of drug-likeness (QED) is 0.626. The van der Waals surface area contributed by atoms with Gasteiger partial charge in [0.25, 0.3) is 11.6 Å². The Bertz CT molecular complexity index is 644. The van der Waals surface area contributed by atoms with E-state index in [-0.39, 0.29) is 17.9 Å². The summed E-state index contributed by atoms with van der Waals surface area (Å²) in [5, 5.41) is 29.8. The summed E-state index contributed by atoms with van der Waals surface area (Å²) in [6.07, 6.45) is 0.801. The number of ether oxygens (including phenoxy) is 1. The van der Waals surface area contributed by atoms with E-state index in [1.165, 1.54) is 7.11 Å². The van der Waals surface area contributed by atoms with E-state index in [4.69, 9.17) is 9.84 Å². The van der Waals surface area contributed by atoms with Gasteiger partial charge < -0.3 is 19.8 Å². The van der Waals surface area contributed by atoms with Gasteiger partial charge in [0.1, 0.15) is 11.6 Å². The van der Waals surface area contributed by atoms with Crippen molar-refractivity contribution in [1.82, 2.24) is 4.90 Å². The van der Waals surface area contributed by atoms with Crippen molar-refractivity contribution >= 4 is 17.6 Å². The number of rotatable bonds is 4. The molecule has 1 aliphatic heterocycles. The first kappa shape index (κ1) is 15.5. The SMILES string of the molecule is COc1cc(C(=O)N2CCC[C@H]2C(=O)O)c([N+](=O)[O-])cc1O. The van der Waals surface area contributed by atoms with Crippen molar-refractivity contribution in [1.29, 1.82) is 0 Å². The molecule has 0 aliphatic carbocycles. The lowest BCUT2D eigenvalue weighted by molar-refractivity contribution is -0.385. The zero-order chi connectivity index (χ0) is 16.4. The first-order valence-corrected chi connectivity index (χ1v) is 6.46. The molecule has 1 fully saturated rings. The van der Waals surface area contributed by atoms with Crippen LogP contribution in [0.2, 0.25) is 0 Å². The molecule has 118 valence electrons. The van der Waals surface area contributed by atoms with Gasteiger partial charge in [-0.1, -0.05) is 0 Å². The molecule has 22 heavy (non-hydrogen) atoms. The Hall–Kier alpha value is -2.84. The number of carbonyl (C=O) groups excluding carboxylic acids is 1. The third kappa shape index (κ3) is 2.65. The molecule has 9 heteroatoms. The van der Waals surface area contributed by atoms with Crippen LogP contribution < -0.4 is 4.74 Å². The van der Waals surface area contributed by atoms with Crippen molar-refractivity contribution < 1.29 is 29.5 Å². The largest absolute Gasteiger partial charge is 0.504 e. The number of carboxylic acids is 1. The summed E-state index contributed by atoms with van der Waals surface area (Å²) >= 11 is 0. The third-order valence-corrected chi connectivity index (χ3v) is 3.52. The van der Waals surface area contributed by atoms with E-state index in [9.17, 15) is 24.8 Å². The van der Waals surface area contributed by atoms with Gasteiger partial charge in [-0.15, -0.1) is 0 Å². The molecule has 1 heterocycles. The molecule has 1 atom stereocenters. The normalized spacial score (nSPS) is 17.3. The van der Waals surface area contributed by atoms with E-state index in [1.807, 2.05) is 0 Å². The van der Waals surface area contributed by atoms with Gasteiger partial charge in [0.2, 0.25) is 0 Å². The number of nitrogens with zero attached hydrogens (tertiary/aromatic N) is 2. The van der Waals surface area contributed by atoms with Gasteiger partial charge >= 0.3 is 5.97 Å². The molecule has 2 rings (SSSR count). The van der Waals surface area contributed by atoms with Gasteiger partial charge in [-0.3, -0.25) is 14.9 Å². The number of hydrogen-bond acceptors (Lipinski definition) is 6. The number of carbonyl (C=O) groups is 2. The third-order valence-electron chi connectivity index (χ3n) is 3.52. The second-order valence-corrected chi connectivity index (χ2v) is 4.79. The first-order valence-electron chi connectivity index (χ1n) is 6.46. The molecule has 2 N–H and O–H groups in total. The second-order valence-electron chi connectivity index (χ2n) is 4.79. The monoisotopic (exact) mass is 310 g/mol. The minimum atomic E-state index is -1.15. The summed E-state index contributed by atoms with van der Waals surface area (Å²) < 4.78 is 4.85. The Balaban J connectivity index is 2.48. The number of nitro groups is 1. The molecule has 1 aromatic rings. The van der Waals surface area contributed by atoms with Crippen molar-refractivity contribution in [2.45, 2.75) is 18.9 Å². The van der Waals surface area contributed by atoms with Crippen molar-refractivity contribution in [3.05, 3.63) is 27.8 Å². The predicted molar refractivity (Wildman–Crippen MR) is 73.0 cm³/mol. The maximum Gasteiger partial charge on any atom is 0.326 e. The summed E-state index contributed by atoms with van der Waals surface area (Å²) in [6.45, 7) is 0.205. The fraction of sp³-hybridized carbons (Fsp3) is 0.385. The highest BCUT2D eigenvalue weighted by molar-refractivity contribution is 6.01. The molecule has 9 nitrogen and oxygen atoms in total. The molecule has 0 unspecified atom stereocenters. The molecule has 0 saturated carbocycles. The maximum atomic E-state index is 12.5. The van der Waals surface area contributed by atoms with E-state index in [0.29, 0.717) is 12.8 Å². The minimum absolute atomic E-state index is 0.0972. The molecule has 0 aromatic heterocycles. The standard InChI is InChI=1S/C13H14N2O7/c1-22-11-5-7(9(15(20)21)6-10(11)16)12(17)14-4-2-3-8(14)13(18)19/h5-6,8,16H,2-4H2,1H3,(H,18,19)/t8-/m0/s1. The molecular weight excluding hydrogens is 296 g/mol. The van der Waals surface area contributed by atoms with Gasteiger partial charge in [-0.05, 0) is 12.8 Å². The predicted octanol–water partition coefficient (Wildman–Crippen LogP) is 0.998. The molecule has 1 aromatic carbocycles. The first-order chi connectivity index (χ1) is 10.4. The van der Waals surface area contributed by atoms with Crippen LogP contribution in [0.15, 0.2) is 12.1 Å². The highest BCUT2D eigenvalue weighted by atomic mass is 16.6. The van der Waals surface area contributed by atoms with E-state index in [2.05, 4.69) is 0 Å². The highest BCUT2D eigenvalue weighted by Gasteiger charge is 2.37. The van der Waals surface area contributed by atoms with Gasteiger partial charge in [0.05, 0.1) is 18.1 Å². The number of phenolic OH excluding ortho intramolecular Hbond substituents is 1. The Morgan fingerprint density at radius 2 is 2.14 bits per heavy atom. The number of aliphatic carboxylic acids is 1. The Morgan fingerprint density at radius 3 is 2.68 bits per heavy atom. The molecule has 1 aliphatic rings. The molecule has 0 spiro atoms. The zero-order valence-electron chi connectivity index (χ0n) is 11.7. The van der Waals surface area contributed by atoms with Crippen LogP contribution in [0, 0.1) is 10.1 Å². The van der Waals surface area contributed by atoms with Crippen molar-refractivity contribution in [2.24, 2.45) is 0 Å². The maximum absolute atomic E-state index is 12.5. The van der Waals surface area contributed by atoms with Crippen LogP contribution in [0.25, 0.3) is 0 Å². The Labute approximate surface area is 124 Å². The van der Waals surface area contributed by atoms with Crippen LogP contribution in [0.1, 0.15) is 23.2 Å². The van der Waals surface area contributed by atoms with Crippen LogP contribution in [-0.2, 0) is 4.79 Å². The van der Waals surface area contributed by atoms with Crippen LogP contribution >= 0.6 is 0 Å². The van der Waals surface area contributed by atoms with E-state index >= 15 is 0 Å². The van der Waals surface area contributed by atoms with E-state index in [1.54, 1.807) is 0 Å². The van der Waals surface area contributed by atoms with Crippen molar-refractivity contribution in [3.63, 3.8) is 0 Å². The molecule has 0 bridgehead atoms. The van der Waals surface area contributed by atoms with Gasteiger partial charge in [-0.25, -0.2) is 4.79 Å². The molecule has 1 amide bonds. The van der Waals surface area contributed by atoms with Gasteiger partial charge in [0, 0.05) is 12.6 Å². The summed E-state index contributed by atoms with van der Waals surface area (Å²) in [5.41, 5.74) is -0.910.